The lowest BCUT2D eigenvalue weighted by Gasteiger charge is -2.16. The zero-order valence-electron chi connectivity index (χ0n) is 14.8. The van der Waals surface area contributed by atoms with Gasteiger partial charge in [-0.3, -0.25) is 9.59 Å². The number of hydrogen-bond donors (Lipinski definition) is 2. The van der Waals surface area contributed by atoms with Gasteiger partial charge in [0, 0.05) is 16.5 Å². The van der Waals surface area contributed by atoms with Crippen LogP contribution in [0.25, 0.3) is 0 Å². The van der Waals surface area contributed by atoms with Crippen LogP contribution in [-0.4, -0.2) is 17.1 Å². The van der Waals surface area contributed by atoms with Crippen molar-refractivity contribution in [3.8, 4) is 0 Å². The standard InChI is InChI=1S/C20H20Cl2N2O2S/c1-2-17(20(26)24-16-8-4-7-15(21)18(16)22)27-14-6-3-5-13(11-14)23-19(25)12-9-10-12/h3-8,11-12,17H,2,9-10H2,1H3,(H,23,25)(H,24,26). The van der Waals surface area contributed by atoms with Crippen molar-refractivity contribution in [1.82, 2.24) is 0 Å². The topological polar surface area (TPSA) is 58.2 Å². The Morgan fingerprint density at radius 2 is 1.89 bits per heavy atom. The number of hydrogen-bond acceptors (Lipinski definition) is 3. The molecule has 0 aromatic heterocycles. The van der Waals surface area contributed by atoms with Gasteiger partial charge < -0.3 is 10.6 Å². The zero-order valence-corrected chi connectivity index (χ0v) is 17.1. The number of halogens is 2. The average molecular weight is 423 g/mol. The van der Waals surface area contributed by atoms with Gasteiger partial charge in [-0.25, -0.2) is 0 Å². The number of anilines is 2. The fraction of sp³-hybridized carbons (Fsp3) is 0.300. The van der Waals surface area contributed by atoms with E-state index in [0.29, 0.717) is 22.2 Å². The SMILES string of the molecule is CCC(Sc1cccc(NC(=O)C2CC2)c1)C(=O)Nc1cccc(Cl)c1Cl. The first-order valence-electron chi connectivity index (χ1n) is 8.80. The van der Waals surface area contributed by atoms with E-state index in [-0.39, 0.29) is 23.0 Å². The largest absolute Gasteiger partial charge is 0.326 e. The van der Waals surface area contributed by atoms with E-state index >= 15 is 0 Å². The van der Waals surface area contributed by atoms with Crippen molar-refractivity contribution in [2.45, 2.75) is 36.3 Å². The molecule has 1 aliphatic carbocycles. The number of nitrogens with one attached hydrogen (secondary N) is 2. The predicted molar refractivity (Wildman–Crippen MR) is 113 cm³/mol. The van der Waals surface area contributed by atoms with E-state index in [1.165, 1.54) is 11.8 Å². The summed E-state index contributed by atoms with van der Waals surface area (Å²) in [7, 11) is 0. The van der Waals surface area contributed by atoms with Gasteiger partial charge in [-0.1, -0.05) is 42.3 Å². The van der Waals surface area contributed by atoms with E-state index in [1.54, 1.807) is 18.2 Å². The third-order valence-electron chi connectivity index (χ3n) is 4.20. The van der Waals surface area contributed by atoms with Crippen molar-refractivity contribution in [1.29, 1.82) is 0 Å². The van der Waals surface area contributed by atoms with Crippen LogP contribution in [-0.2, 0) is 9.59 Å². The van der Waals surface area contributed by atoms with E-state index in [0.717, 1.165) is 23.4 Å². The molecule has 0 radical (unpaired) electrons. The van der Waals surface area contributed by atoms with Gasteiger partial charge in [-0.2, -0.15) is 0 Å². The van der Waals surface area contributed by atoms with Crippen LogP contribution in [0.1, 0.15) is 26.2 Å². The van der Waals surface area contributed by atoms with Crippen LogP contribution in [0.15, 0.2) is 47.4 Å². The summed E-state index contributed by atoms with van der Waals surface area (Å²) >= 11 is 13.6. The molecule has 1 fully saturated rings. The molecule has 2 aromatic carbocycles. The minimum absolute atomic E-state index is 0.0672. The Morgan fingerprint density at radius 3 is 2.59 bits per heavy atom. The molecule has 7 heteroatoms. The second kappa shape index (κ2) is 9.00. The predicted octanol–water partition coefficient (Wildman–Crippen LogP) is 5.85. The first-order chi connectivity index (χ1) is 13.0. The van der Waals surface area contributed by atoms with Crippen molar-refractivity contribution in [3.05, 3.63) is 52.5 Å². The summed E-state index contributed by atoms with van der Waals surface area (Å²) in [4.78, 5) is 25.5. The van der Waals surface area contributed by atoms with Gasteiger partial charge in [0.05, 0.1) is 21.0 Å². The molecule has 1 saturated carbocycles. The van der Waals surface area contributed by atoms with E-state index in [9.17, 15) is 9.59 Å². The molecule has 3 rings (SSSR count). The normalized spacial score (nSPS) is 14.5. The maximum Gasteiger partial charge on any atom is 0.237 e. The van der Waals surface area contributed by atoms with Crippen LogP contribution in [0.5, 0.6) is 0 Å². The monoisotopic (exact) mass is 422 g/mol. The molecule has 0 aliphatic heterocycles. The van der Waals surface area contributed by atoms with E-state index in [2.05, 4.69) is 10.6 Å². The Labute approximate surface area is 173 Å². The lowest BCUT2D eigenvalue weighted by molar-refractivity contribution is -0.117. The number of carbonyl (C=O) groups is 2. The van der Waals surface area contributed by atoms with Crippen LogP contribution in [0.4, 0.5) is 11.4 Å². The highest BCUT2D eigenvalue weighted by molar-refractivity contribution is 8.00. The third-order valence-corrected chi connectivity index (χ3v) is 6.38. The van der Waals surface area contributed by atoms with Gasteiger partial charge in [-0.15, -0.1) is 11.8 Å². The Hall–Kier alpha value is -1.69. The Morgan fingerprint density at radius 1 is 1.15 bits per heavy atom. The van der Waals surface area contributed by atoms with Crippen molar-refractivity contribution < 1.29 is 9.59 Å². The van der Waals surface area contributed by atoms with Crippen LogP contribution < -0.4 is 10.6 Å². The molecule has 2 amide bonds. The molecule has 1 atom stereocenters. The van der Waals surface area contributed by atoms with E-state index in [1.807, 2.05) is 31.2 Å². The smallest absolute Gasteiger partial charge is 0.237 e. The molecule has 2 N–H and O–H groups in total. The molecule has 0 heterocycles. The highest BCUT2D eigenvalue weighted by Crippen LogP contribution is 2.33. The summed E-state index contributed by atoms with van der Waals surface area (Å²) in [6, 6.07) is 12.7. The summed E-state index contributed by atoms with van der Waals surface area (Å²) < 4.78 is 0. The number of carbonyl (C=O) groups excluding carboxylic acids is 2. The summed E-state index contributed by atoms with van der Waals surface area (Å²) in [5.41, 5.74) is 1.25. The lowest BCUT2D eigenvalue weighted by Crippen LogP contribution is -2.24. The summed E-state index contributed by atoms with van der Waals surface area (Å²) in [6.45, 7) is 1.95. The second-order valence-corrected chi connectivity index (χ2v) is 8.46. The maximum absolute atomic E-state index is 12.7. The van der Waals surface area contributed by atoms with Gasteiger partial charge in [0.15, 0.2) is 0 Å². The molecule has 142 valence electrons. The van der Waals surface area contributed by atoms with Crippen molar-refractivity contribution in [2.75, 3.05) is 10.6 Å². The highest BCUT2D eigenvalue weighted by atomic mass is 35.5. The Bertz CT molecular complexity index is 856. The molecular formula is C20H20Cl2N2O2S. The van der Waals surface area contributed by atoms with Crippen molar-refractivity contribution in [2.24, 2.45) is 5.92 Å². The lowest BCUT2D eigenvalue weighted by atomic mass is 10.2. The number of amides is 2. The molecular weight excluding hydrogens is 403 g/mol. The van der Waals surface area contributed by atoms with Crippen molar-refractivity contribution in [3.63, 3.8) is 0 Å². The Kier molecular flexibility index (Phi) is 6.68. The minimum Gasteiger partial charge on any atom is -0.326 e. The van der Waals surface area contributed by atoms with Crippen LogP contribution >= 0.6 is 35.0 Å². The average Bonchev–Trinajstić information content (AvgIpc) is 3.49. The maximum atomic E-state index is 12.7. The summed E-state index contributed by atoms with van der Waals surface area (Å²) in [5.74, 6) is 0.0783. The first kappa shape index (κ1) is 20.1. The van der Waals surface area contributed by atoms with Crippen LogP contribution in [0, 0.1) is 5.92 Å². The third kappa shape index (κ3) is 5.41. The van der Waals surface area contributed by atoms with Crippen LogP contribution in [0.3, 0.4) is 0 Å². The van der Waals surface area contributed by atoms with Gasteiger partial charge in [0.2, 0.25) is 11.8 Å². The molecule has 1 aliphatic rings. The quantitative estimate of drug-likeness (QED) is 0.549. The zero-order chi connectivity index (χ0) is 19.4. The number of benzene rings is 2. The fourth-order valence-electron chi connectivity index (χ4n) is 2.54. The van der Waals surface area contributed by atoms with E-state index < -0.39 is 0 Å². The fourth-order valence-corrected chi connectivity index (χ4v) is 3.90. The first-order valence-corrected chi connectivity index (χ1v) is 10.4. The molecule has 1 unspecified atom stereocenters. The molecule has 0 spiro atoms. The van der Waals surface area contributed by atoms with Gasteiger partial charge in [-0.05, 0) is 49.6 Å². The molecule has 0 saturated heterocycles. The second-order valence-electron chi connectivity index (χ2n) is 6.40. The summed E-state index contributed by atoms with van der Waals surface area (Å²) in [5, 5.41) is 6.21. The summed E-state index contributed by atoms with van der Waals surface area (Å²) in [6.07, 6.45) is 2.57. The molecule has 2 aromatic rings. The van der Waals surface area contributed by atoms with Crippen LogP contribution in [0.2, 0.25) is 10.0 Å². The number of thioether (sulfide) groups is 1. The van der Waals surface area contributed by atoms with Gasteiger partial charge in [0.1, 0.15) is 0 Å². The number of rotatable bonds is 7. The molecule has 4 nitrogen and oxygen atoms in total. The van der Waals surface area contributed by atoms with Gasteiger partial charge >= 0.3 is 0 Å². The minimum atomic E-state index is -0.297. The highest BCUT2D eigenvalue weighted by Gasteiger charge is 2.29. The van der Waals surface area contributed by atoms with Gasteiger partial charge in [0.25, 0.3) is 0 Å². The Balaban J connectivity index is 1.66. The molecule has 27 heavy (non-hydrogen) atoms. The van der Waals surface area contributed by atoms with E-state index in [4.69, 9.17) is 23.2 Å². The van der Waals surface area contributed by atoms with Crippen molar-refractivity contribution >= 4 is 58.2 Å². The molecule has 0 bridgehead atoms.